The van der Waals surface area contributed by atoms with Gasteiger partial charge >= 0.3 is 6.09 Å². The van der Waals surface area contributed by atoms with Crippen LogP contribution in [0.5, 0.6) is 0 Å². The summed E-state index contributed by atoms with van der Waals surface area (Å²) in [6.07, 6.45) is -4.69. The number of piperidine rings is 1. The Morgan fingerprint density at radius 2 is 1.93 bits per heavy atom. The van der Waals surface area contributed by atoms with Crippen LogP contribution in [-0.2, 0) is 4.74 Å². The third kappa shape index (κ3) is 1.39. The van der Waals surface area contributed by atoms with Gasteiger partial charge in [0, 0.05) is 0 Å². The van der Waals surface area contributed by atoms with Crippen LogP contribution in [0.2, 0.25) is 0 Å². The summed E-state index contributed by atoms with van der Waals surface area (Å²) >= 11 is 0. The van der Waals surface area contributed by atoms with E-state index in [1.807, 2.05) is 0 Å². The third-order valence-corrected chi connectivity index (χ3v) is 2.98. The highest BCUT2D eigenvalue weighted by Gasteiger charge is 2.53. The van der Waals surface area contributed by atoms with Gasteiger partial charge in [0.05, 0.1) is 18.7 Å². The van der Waals surface area contributed by atoms with Gasteiger partial charge in [-0.15, -0.1) is 0 Å². The number of carbonyl (C=O) groups excluding carboxylic acids is 1. The fourth-order valence-electron chi connectivity index (χ4n) is 2.11. The first-order chi connectivity index (χ1) is 7.07. The third-order valence-electron chi connectivity index (χ3n) is 2.98. The minimum atomic E-state index is -1.38. The molecule has 2 saturated heterocycles. The van der Waals surface area contributed by atoms with E-state index >= 15 is 0 Å². The second-order valence-corrected chi connectivity index (χ2v) is 3.77. The van der Waals surface area contributed by atoms with Crippen LogP contribution >= 0.6 is 0 Å². The zero-order valence-corrected chi connectivity index (χ0v) is 7.85. The average molecular weight is 219 g/mol. The predicted molar refractivity (Wildman–Crippen MR) is 45.9 cm³/mol. The van der Waals surface area contributed by atoms with Gasteiger partial charge in [0.1, 0.15) is 24.9 Å². The molecule has 0 aromatic heterocycles. The van der Waals surface area contributed by atoms with Gasteiger partial charge in [0.2, 0.25) is 0 Å². The monoisotopic (exact) mass is 219 g/mol. The second kappa shape index (κ2) is 3.60. The van der Waals surface area contributed by atoms with E-state index < -0.39 is 43.1 Å². The SMILES string of the molecule is O=C1OC[C@@H]2[C@H](O)[C@@H](O)[C@@H](O)[C@@H](CO)N12. The van der Waals surface area contributed by atoms with E-state index in [4.69, 9.17) is 9.84 Å². The van der Waals surface area contributed by atoms with Crippen molar-refractivity contribution in [2.45, 2.75) is 30.4 Å². The van der Waals surface area contributed by atoms with Crippen LogP contribution in [0.25, 0.3) is 0 Å². The van der Waals surface area contributed by atoms with Crippen LogP contribution < -0.4 is 0 Å². The van der Waals surface area contributed by atoms with Crippen molar-refractivity contribution in [3.63, 3.8) is 0 Å². The Kier molecular flexibility index (Phi) is 2.55. The van der Waals surface area contributed by atoms with Crippen molar-refractivity contribution in [2.24, 2.45) is 0 Å². The zero-order chi connectivity index (χ0) is 11.2. The quantitative estimate of drug-likeness (QED) is 0.381. The molecule has 2 aliphatic heterocycles. The van der Waals surface area contributed by atoms with Crippen LogP contribution in [0.1, 0.15) is 0 Å². The van der Waals surface area contributed by atoms with E-state index in [1.54, 1.807) is 0 Å². The van der Waals surface area contributed by atoms with Crippen molar-refractivity contribution in [3.8, 4) is 0 Å². The number of rotatable bonds is 1. The van der Waals surface area contributed by atoms with Gasteiger partial charge in [-0.1, -0.05) is 0 Å². The average Bonchev–Trinajstić information content (AvgIpc) is 2.59. The molecule has 2 aliphatic rings. The highest BCUT2D eigenvalue weighted by molar-refractivity contribution is 5.71. The molecule has 7 heteroatoms. The molecule has 1 amide bonds. The highest BCUT2D eigenvalue weighted by atomic mass is 16.6. The van der Waals surface area contributed by atoms with Crippen LogP contribution in [0, 0.1) is 0 Å². The van der Waals surface area contributed by atoms with Crippen molar-refractivity contribution in [2.75, 3.05) is 13.2 Å². The Balaban J connectivity index is 2.28. The first-order valence-corrected chi connectivity index (χ1v) is 4.68. The number of nitrogens with zero attached hydrogens (tertiary/aromatic N) is 1. The minimum absolute atomic E-state index is 0.0414. The summed E-state index contributed by atoms with van der Waals surface area (Å²) < 4.78 is 4.69. The van der Waals surface area contributed by atoms with Gasteiger partial charge in [-0.2, -0.15) is 0 Å². The zero-order valence-electron chi connectivity index (χ0n) is 7.85. The fraction of sp³-hybridized carbons (Fsp3) is 0.875. The number of carbonyl (C=O) groups is 1. The topological polar surface area (TPSA) is 110 Å². The van der Waals surface area contributed by atoms with E-state index in [2.05, 4.69) is 0 Å². The summed E-state index contributed by atoms with van der Waals surface area (Å²) in [4.78, 5) is 12.3. The van der Waals surface area contributed by atoms with Gasteiger partial charge in [0.15, 0.2) is 0 Å². The largest absolute Gasteiger partial charge is 0.447 e. The number of ether oxygens (including phenoxy) is 1. The van der Waals surface area contributed by atoms with Crippen LogP contribution in [0.3, 0.4) is 0 Å². The Morgan fingerprint density at radius 1 is 1.27 bits per heavy atom. The summed E-state index contributed by atoms with van der Waals surface area (Å²) in [6.45, 7) is -0.531. The molecule has 7 nitrogen and oxygen atoms in total. The Labute approximate surface area is 85.5 Å². The number of hydrogen-bond donors (Lipinski definition) is 4. The van der Waals surface area contributed by atoms with Crippen molar-refractivity contribution in [1.29, 1.82) is 0 Å². The lowest BCUT2D eigenvalue weighted by molar-refractivity contribution is -0.148. The molecule has 2 heterocycles. The van der Waals surface area contributed by atoms with Gasteiger partial charge in [-0.25, -0.2) is 4.79 Å². The molecule has 0 aromatic rings. The highest BCUT2D eigenvalue weighted by Crippen LogP contribution is 2.29. The molecule has 0 saturated carbocycles. The summed E-state index contributed by atoms with van der Waals surface area (Å²) in [5, 5.41) is 37.6. The van der Waals surface area contributed by atoms with Crippen LogP contribution in [0.15, 0.2) is 0 Å². The molecule has 0 aliphatic carbocycles. The number of hydrogen-bond acceptors (Lipinski definition) is 6. The lowest BCUT2D eigenvalue weighted by Gasteiger charge is -2.43. The first-order valence-electron chi connectivity index (χ1n) is 4.68. The van der Waals surface area contributed by atoms with Crippen LogP contribution in [-0.4, -0.2) is 75.0 Å². The first kappa shape index (κ1) is 10.6. The maximum atomic E-state index is 11.3. The van der Waals surface area contributed by atoms with Gasteiger partial charge in [0.25, 0.3) is 0 Å². The summed E-state index contributed by atoms with van der Waals surface area (Å²) in [7, 11) is 0. The molecule has 86 valence electrons. The molecule has 0 spiro atoms. The molecule has 0 aromatic carbocycles. The smallest absolute Gasteiger partial charge is 0.410 e. The number of amides is 1. The number of fused-ring (bicyclic) bond motifs is 1. The lowest BCUT2D eigenvalue weighted by Crippen LogP contribution is -2.66. The van der Waals surface area contributed by atoms with Crippen molar-refractivity contribution in [3.05, 3.63) is 0 Å². The normalized spacial score (nSPS) is 45.2. The van der Waals surface area contributed by atoms with E-state index in [0.717, 1.165) is 4.90 Å². The van der Waals surface area contributed by atoms with Crippen LogP contribution in [0.4, 0.5) is 4.79 Å². The van der Waals surface area contributed by atoms with Crippen molar-refractivity contribution >= 4 is 6.09 Å². The van der Waals surface area contributed by atoms with Crippen molar-refractivity contribution < 1.29 is 30.0 Å². The standard InChI is InChI=1S/C8H13NO6/c10-1-3-5(11)7(13)6(12)4-2-15-8(14)9(3)4/h3-7,10-13H,1-2H2/t3-,4-,5+,6+,7+/m1/s1. The second-order valence-electron chi connectivity index (χ2n) is 3.77. The maximum Gasteiger partial charge on any atom is 0.410 e. The fourth-order valence-corrected chi connectivity index (χ4v) is 2.11. The Hall–Kier alpha value is -0.890. The molecule has 2 rings (SSSR count). The molecular weight excluding hydrogens is 206 g/mol. The van der Waals surface area contributed by atoms with E-state index in [1.165, 1.54) is 0 Å². The van der Waals surface area contributed by atoms with Crippen molar-refractivity contribution in [1.82, 2.24) is 4.90 Å². The molecule has 5 atom stereocenters. The maximum absolute atomic E-state index is 11.3. The Morgan fingerprint density at radius 3 is 2.53 bits per heavy atom. The molecule has 15 heavy (non-hydrogen) atoms. The Bertz CT molecular complexity index is 272. The predicted octanol–water partition coefficient (Wildman–Crippen LogP) is -2.74. The molecular formula is C8H13NO6. The molecule has 2 fully saturated rings. The molecule has 4 N–H and O–H groups in total. The molecule has 0 unspecified atom stereocenters. The molecule has 0 bridgehead atoms. The number of aliphatic hydroxyl groups is 4. The molecule has 0 radical (unpaired) electrons. The van der Waals surface area contributed by atoms with Gasteiger partial charge < -0.3 is 25.2 Å². The minimum Gasteiger partial charge on any atom is -0.447 e. The van der Waals surface area contributed by atoms with E-state index in [9.17, 15) is 20.1 Å². The number of cyclic esters (lactones) is 1. The van der Waals surface area contributed by atoms with Gasteiger partial charge in [-0.05, 0) is 0 Å². The van der Waals surface area contributed by atoms with E-state index in [-0.39, 0.29) is 6.61 Å². The summed E-state index contributed by atoms with van der Waals surface area (Å²) in [5.41, 5.74) is 0. The van der Waals surface area contributed by atoms with E-state index in [0.29, 0.717) is 0 Å². The summed E-state index contributed by atoms with van der Waals surface area (Å²) in [6, 6.07) is -1.63. The summed E-state index contributed by atoms with van der Waals surface area (Å²) in [5.74, 6) is 0. The van der Waals surface area contributed by atoms with Gasteiger partial charge in [-0.3, -0.25) is 4.90 Å². The number of aliphatic hydroxyl groups excluding tert-OH is 4. The lowest BCUT2D eigenvalue weighted by atomic mass is 9.89.